The highest BCUT2D eigenvalue weighted by atomic mass is 32.2. The van der Waals surface area contributed by atoms with Gasteiger partial charge in [0.2, 0.25) is 0 Å². The van der Waals surface area contributed by atoms with Gasteiger partial charge in [0, 0.05) is 11.8 Å². The van der Waals surface area contributed by atoms with E-state index in [1.54, 1.807) is 36.4 Å². The Morgan fingerprint density at radius 1 is 1.17 bits per heavy atom. The molecule has 3 nitrogen and oxygen atoms in total. The predicted octanol–water partition coefficient (Wildman–Crippen LogP) is 2.98. The lowest BCUT2D eigenvalue weighted by Crippen LogP contribution is -2.17. The van der Waals surface area contributed by atoms with Gasteiger partial charge in [-0.3, -0.25) is 0 Å². The fourth-order valence-corrected chi connectivity index (χ4v) is 5.54. The third-order valence-electron chi connectivity index (χ3n) is 4.22. The van der Waals surface area contributed by atoms with Gasteiger partial charge >= 0.3 is 0 Å². The molecule has 0 amide bonds. The van der Waals surface area contributed by atoms with Crippen LogP contribution >= 0.6 is 12.2 Å². The van der Waals surface area contributed by atoms with E-state index in [0.29, 0.717) is 5.56 Å². The number of sulfone groups is 1. The Balaban J connectivity index is 2.00. The number of aryl methyl sites for hydroxylation is 1. The van der Waals surface area contributed by atoms with Gasteiger partial charge in [-0.15, -0.1) is 0 Å². The molecule has 0 unspecified atom stereocenters. The second kappa shape index (κ2) is 5.69. The van der Waals surface area contributed by atoms with Crippen LogP contribution in [0.5, 0.6) is 0 Å². The van der Waals surface area contributed by atoms with Crippen molar-refractivity contribution in [1.29, 1.82) is 0 Å². The van der Waals surface area contributed by atoms with E-state index in [1.807, 2.05) is 6.92 Å². The van der Waals surface area contributed by atoms with E-state index in [4.69, 9.17) is 18.0 Å². The standard InChI is InChI=1S/C17H16FNO2S2/c1-10-5-7-13(8-6-10)23(20,21)16-14(15(16)17(19)22)11-3-2-4-12(18)9-11/h2-9,14-16H,1H3,(H2,19,22)/t14-,15-,16+/m1/s1. The van der Waals surface area contributed by atoms with Crippen LogP contribution in [0.25, 0.3) is 0 Å². The van der Waals surface area contributed by atoms with Crippen molar-refractivity contribution in [2.45, 2.75) is 23.0 Å². The van der Waals surface area contributed by atoms with Crippen LogP contribution in [-0.4, -0.2) is 18.7 Å². The highest BCUT2D eigenvalue weighted by molar-refractivity contribution is 7.92. The summed E-state index contributed by atoms with van der Waals surface area (Å²) in [5.41, 5.74) is 7.32. The number of benzene rings is 2. The summed E-state index contributed by atoms with van der Waals surface area (Å²) in [6.07, 6.45) is 0. The summed E-state index contributed by atoms with van der Waals surface area (Å²) in [6, 6.07) is 12.6. The monoisotopic (exact) mass is 349 g/mol. The summed E-state index contributed by atoms with van der Waals surface area (Å²) in [4.78, 5) is 0.396. The van der Waals surface area contributed by atoms with Gasteiger partial charge in [0.05, 0.1) is 15.1 Å². The Morgan fingerprint density at radius 2 is 1.83 bits per heavy atom. The number of hydrogen-bond acceptors (Lipinski definition) is 3. The lowest BCUT2D eigenvalue weighted by Gasteiger charge is -2.05. The summed E-state index contributed by atoms with van der Waals surface area (Å²) in [6.45, 7) is 1.89. The van der Waals surface area contributed by atoms with E-state index < -0.39 is 32.7 Å². The molecule has 1 saturated carbocycles. The van der Waals surface area contributed by atoms with Gasteiger partial charge in [0.1, 0.15) is 5.82 Å². The molecule has 0 heterocycles. The summed E-state index contributed by atoms with van der Waals surface area (Å²) >= 11 is 5.03. The normalized spacial score (nSPS) is 23.5. The van der Waals surface area contributed by atoms with Crippen LogP contribution in [0.4, 0.5) is 4.39 Å². The van der Waals surface area contributed by atoms with Crippen molar-refractivity contribution in [1.82, 2.24) is 0 Å². The van der Waals surface area contributed by atoms with E-state index >= 15 is 0 Å². The molecule has 3 rings (SSSR count). The maximum absolute atomic E-state index is 13.5. The number of halogens is 1. The lowest BCUT2D eigenvalue weighted by atomic mass is 10.1. The summed E-state index contributed by atoms with van der Waals surface area (Å²) in [7, 11) is -3.58. The second-order valence-corrected chi connectivity index (χ2v) is 8.41. The molecular formula is C17H16FNO2S2. The van der Waals surface area contributed by atoms with Crippen LogP contribution < -0.4 is 5.73 Å². The maximum Gasteiger partial charge on any atom is 0.182 e. The van der Waals surface area contributed by atoms with E-state index in [0.717, 1.165) is 5.56 Å². The first kappa shape index (κ1) is 16.1. The molecule has 1 fully saturated rings. The quantitative estimate of drug-likeness (QED) is 0.862. The summed E-state index contributed by atoms with van der Waals surface area (Å²) in [5, 5.41) is -0.732. The highest BCUT2D eigenvalue weighted by Crippen LogP contribution is 2.54. The van der Waals surface area contributed by atoms with Gasteiger partial charge < -0.3 is 5.73 Å². The van der Waals surface area contributed by atoms with Crippen molar-refractivity contribution in [3.8, 4) is 0 Å². The zero-order valence-electron chi connectivity index (χ0n) is 12.4. The summed E-state index contributed by atoms with van der Waals surface area (Å²) in [5.74, 6) is -1.25. The van der Waals surface area contributed by atoms with Crippen molar-refractivity contribution in [2.24, 2.45) is 11.7 Å². The molecule has 2 aromatic rings. The Hall–Kier alpha value is -1.79. The number of thiocarbonyl (C=S) groups is 1. The zero-order chi connectivity index (χ0) is 16.8. The van der Waals surface area contributed by atoms with Crippen LogP contribution in [0.1, 0.15) is 17.0 Å². The molecule has 0 radical (unpaired) electrons. The molecule has 1 aliphatic rings. The Morgan fingerprint density at radius 3 is 2.39 bits per heavy atom. The zero-order valence-corrected chi connectivity index (χ0v) is 14.1. The minimum Gasteiger partial charge on any atom is -0.393 e. The molecule has 3 atom stereocenters. The SMILES string of the molecule is Cc1ccc(S(=O)(=O)[C@@H]2[C@H](C(N)=S)[C@H]2c2cccc(F)c2)cc1. The van der Waals surface area contributed by atoms with Gasteiger partial charge in [0.25, 0.3) is 0 Å². The molecular weight excluding hydrogens is 333 g/mol. The maximum atomic E-state index is 13.5. The number of rotatable bonds is 4. The molecule has 1 aliphatic carbocycles. The molecule has 23 heavy (non-hydrogen) atoms. The third-order valence-corrected chi connectivity index (χ3v) is 6.73. The molecule has 0 saturated heterocycles. The molecule has 2 aromatic carbocycles. The third kappa shape index (κ3) is 2.88. The van der Waals surface area contributed by atoms with Gasteiger partial charge in [-0.2, -0.15) is 0 Å². The molecule has 0 aromatic heterocycles. The number of hydrogen-bond donors (Lipinski definition) is 1. The van der Waals surface area contributed by atoms with E-state index in [2.05, 4.69) is 0 Å². The molecule has 0 spiro atoms. The van der Waals surface area contributed by atoms with Crippen LogP contribution in [0.2, 0.25) is 0 Å². The summed E-state index contributed by atoms with van der Waals surface area (Å²) < 4.78 is 39.2. The molecule has 0 aliphatic heterocycles. The van der Waals surface area contributed by atoms with Crippen LogP contribution in [0, 0.1) is 18.7 Å². The Labute approximate surface area is 140 Å². The molecule has 2 N–H and O–H groups in total. The van der Waals surface area contributed by atoms with Crippen LogP contribution in [-0.2, 0) is 9.84 Å². The minimum atomic E-state index is -3.58. The van der Waals surface area contributed by atoms with Crippen molar-refractivity contribution in [3.63, 3.8) is 0 Å². The van der Waals surface area contributed by atoms with Gasteiger partial charge in [-0.1, -0.05) is 42.0 Å². The average molecular weight is 349 g/mol. The van der Waals surface area contributed by atoms with E-state index in [9.17, 15) is 12.8 Å². The largest absolute Gasteiger partial charge is 0.393 e. The highest BCUT2D eigenvalue weighted by Gasteiger charge is 2.60. The predicted molar refractivity (Wildman–Crippen MR) is 91.6 cm³/mol. The van der Waals surface area contributed by atoms with Crippen molar-refractivity contribution in [2.75, 3.05) is 0 Å². The van der Waals surface area contributed by atoms with Crippen LogP contribution in [0.15, 0.2) is 53.4 Å². The van der Waals surface area contributed by atoms with Crippen molar-refractivity contribution >= 4 is 27.0 Å². The van der Waals surface area contributed by atoms with Crippen LogP contribution in [0.3, 0.4) is 0 Å². The number of nitrogens with two attached hydrogens (primary N) is 1. The topological polar surface area (TPSA) is 60.2 Å². The fourth-order valence-electron chi connectivity index (χ4n) is 3.00. The minimum absolute atomic E-state index is 0.153. The lowest BCUT2D eigenvalue weighted by molar-refractivity contribution is 0.593. The first-order valence-electron chi connectivity index (χ1n) is 7.18. The fraction of sp³-hybridized carbons (Fsp3) is 0.235. The van der Waals surface area contributed by atoms with Crippen molar-refractivity contribution < 1.29 is 12.8 Å². The Kier molecular flexibility index (Phi) is 3.98. The van der Waals surface area contributed by atoms with Crippen molar-refractivity contribution in [3.05, 3.63) is 65.5 Å². The Bertz CT molecular complexity index is 862. The molecule has 0 bridgehead atoms. The van der Waals surface area contributed by atoms with E-state index in [-0.39, 0.29) is 9.88 Å². The second-order valence-electron chi connectivity index (χ2n) is 5.83. The first-order valence-corrected chi connectivity index (χ1v) is 9.13. The van der Waals surface area contributed by atoms with Gasteiger partial charge in [-0.05, 0) is 36.8 Å². The smallest absolute Gasteiger partial charge is 0.182 e. The molecule has 6 heteroatoms. The van der Waals surface area contributed by atoms with Gasteiger partial charge in [0.15, 0.2) is 9.84 Å². The first-order chi connectivity index (χ1) is 10.8. The van der Waals surface area contributed by atoms with E-state index in [1.165, 1.54) is 12.1 Å². The average Bonchev–Trinajstić information content (AvgIpc) is 3.24. The van der Waals surface area contributed by atoms with Gasteiger partial charge in [-0.25, -0.2) is 12.8 Å². The molecule has 120 valence electrons.